The Balaban J connectivity index is 2.55. The highest BCUT2D eigenvalue weighted by atomic mass is 35.5. The number of sulfonamides is 1. The minimum Gasteiger partial charge on any atom is -0.478 e. The highest BCUT2D eigenvalue weighted by molar-refractivity contribution is 7.89. The van der Waals surface area contributed by atoms with Gasteiger partial charge in [-0.3, -0.25) is 4.84 Å². The van der Waals surface area contributed by atoms with Crippen molar-refractivity contribution >= 4 is 27.6 Å². The number of carbonyl (C=O) groups is 1. The van der Waals surface area contributed by atoms with Crippen LogP contribution >= 0.6 is 11.6 Å². The van der Waals surface area contributed by atoms with Gasteiger partial charge in [-0.05, 0) is 37.5 Å². The van der Waals surface area contributed by atoms with Gasteiger partial charge in [-0.25, -0.2) is 13.2 Å². The summed E-state index contributed by atoms with van der Waals surface area (Å²) in [6.07, 6.45) is 3.32. The molecule has 1 aromatic rings. The Morgan fingerprint density at radius 3 is 2.45 bits per heavy atom. The Morgan fingerprint density at radius 2 is 1.95 bits per heavy atom. The van der Waals surface area contributed by atoms with Gasteiger partial charge in [0.25, 0.3) is 10.0 Å². The summed E-state index contributed by atoms with van der Waals surface area (Å²) < 4.78 is 26.7. The zero-order valence-electron chi connectivity index (χ0n) is 12.4. The van der Waals surface area contributed by atoms with E-state index in [2.05, 4.69) is 0 Å². The molecule has 1 aromatic carbocycles. The number of hydrogen-bond donors (Lipinski definition) is 1. The number of rotatable bonds is 5. The van der Waals surface area contributed by atoms with E-state index in [9.17, 15) is 18.3 Å². The molecule has 0 saturated heterocycles. The standard InChI is InChI=1S/C14H18ClNO5S/c1-9-12(14(17)18)7-10(15)8-13(9)22(19,20)16(21-2)11-5-3-4-6-11/h7-8,11H,3-6H2,1-2H3,(H,17,18). The van der Waals surface area contributed by atoms with Gasteiger partial charge in [-0.1, -0.05) is 28.9 Å². The summed E-state index contributed by atoms with van der Waals surface area (Å²) in [5.74, 6) is -1.22. The molecular weight excluding hydrogens is 330 g/mol. The quantitative estimate of drug-likeness (QED) is 0.828. The van der Waals surface area contributed by atoms with E-state index >= 15 is 0 Å². The number of benzene rings is 1. The molecule has 0 radical (unpaired) electrons. The number of halogens is 1. The highest BCUT2D eigenvalue weighted by Crippen LogP contribution is 2.32. The number of carboxylic acids is 1. The molecule has 0 aliphatic heterocycles. The number of nitrogens with zero attached hydrogens (tertiary/aromatic N) is 1. The van der Waals surface area contributed by atoms with Crippen molar-refractivity contribution in [3.63, 3.8) is 0 Å². The fraction of sp³-hybridized carbons (Fsp3) is 0.500. The Kier molecular flexibility index (Phi) is 5.11. The molecule has 1 N–H and O–H groups in total. The summed E-state index contributed by atoms with van der Waals surface area (Å²) in [6.45, 7) is 1.45. The maximum absolute atomic E-state index is 12.8. The third-order valence-electron chi connectivity index (χ3n) is 3.87. The second kappa shape index (κ2) is 6.54. The van der Waals surface area contributed by atoms with Crippen LogP contribution in [0.25, 0.3) is 0 Å². The summed E-state index contributed by atoms with van der Waals surface area (Å²) in [4.78, 5) is 16.2. The molecule has 2 rings (SSSR count). The van der Waals surface area contributed by atoms with Crippen molar-refractivity contribution in [1.29, 1.82) is 0 Å². The van der Waals surface area contributed by atoms with E-state index in [1.165, 1.54) is 26.2 Å². The molecule has 6 nitrogen and oxygen atoms in total. The largest absolute Gasteiger partial charge is 0.478 e. The van der Waals surface area contributed by atoms with Gasteiger partial charge in [0.05, 0.1) is 23.6 Å². The molecule has 8 heteroatoms. The van der Waals surface area contributed by atoms with Crippen LogP contribution in [0.4, 0.5) is 0 Å². The average molecular weight is 348 g/mol. The summed E-state index contributed by atoms with van der Waals surface area (Å²) in [6, 6.07) is 2.27. The number of aromatic carboxylic acids is 1. The summed E-state index contributed by atoms with van der Waals surface area (Å²) in [7, 11) is -2.68. The zero-order chi connectivity index (χ0) is 16.5. The van der Waals surface area contributed by atoms with Gasteiger partial charge in [0, 0.05) is 5.02 Å². The van der Waals surface area contributed by atoms with Crippen molar-refractivity contribution in [2.75, 3.05) is 7.11 Å². The van der Waals surface area contributed by atoms with Gasteiger partial charge in [-0.2, -0.15) is 0 Å². The molecule has 0 atom stereocenters. The van der Waals surface area contributed by atoms with Crippen LogP contribution in [-0.2, 0) is 14.9 Å². The highest BCUT2D eigenvalue weighted by Gasteiger charge is 2.35. The lowest BCUT2D eigenvalue weighted by atomic mass is 10.1. The van der Waals surface area contributed by atoms with E-state index in [0.29, 0.717) is 0 Å². The molecular formula is C14H18ClNO5S. The van der Waals surface area contributed by atoms with E-state index in [1.807, 2.05) is 0 Å². The molecule has 122 valence electrons. The van der Waals surface area contributed by atoms with E-state index < -0.39 is 16.0 Å². The molecule has 1 aliphatic carbocycles. The normalized spacial score (nSPS) is 16.4. The maximum Gasteiger partial charge on any atom is 0.336 e. The lowest BCUT2D eigenvalue weighted by molar-refractivity contribution is -0.0787. The van der Waals surface area contributed by atoms with Crippen LogP contribution in [0.1, 0.15) is 41.6 Å². The molecule has 1 fully saturated rings. The first-order valence-corrected chi connectivity index (χ1v) is 8.72. The van der Waals surface area contributed by atoms with Crippen LogP contribution in [0.3, 0.4) is 0 Å². The Hall–Kier alpha value is -1.15. The van der Waals surface area contributed by atoms with Crippen molar-refractivity contribution in [3.8, 4) is 0 Å². The minimum atomic E-state index is -3.98. The van der Waals surface area contributed by atoms with E-state index in [-0.39, 0.29) is 27.1 Å². The van der Waals surface area contributed by atoms with Gasteiger partial charge < -0.3 is 5.11 Å². The topological polar surface area (TPSA) is 83.9 Å². The molecule has 0 amide bonds. The number of hydroxylamine groups is 1. The van der Waals surface area contributed by atoms with Gasteiger partial charge in [0.1, 0.15) is 0 Å². The van der Waals surface area contributed by atoms with E-state index in [4.69, 9.17) is 16.4 Å². The predicted molar refractivity (Wildman–Crippen MR) is 81.4 cm³/mol. The molecule has 22 heavy (non-hydrogen) atoms. The van der Waals surface area contributed by atoms with Crippen molar-refractivity contribution < 1.29 is 23.2 Å². The third kappa shape index (κ3) is 3.12. The van der Waals surface area contributed by atoms with Crippen molar-refractivity contribution in [2.45, 2.75) is 43.5 Å². The summed E-state index contributed by atoms with van der Waals surface area (Å²) in [5, 5.41) is 9.25. The maximum atomic E-state index is 12.8. The SMILES string of the molecule is CON(C1CCCC1)S(=O)(=O)c1cc(Cl)cc(C(=O)O)c1C. The van der Waals surface area contributed by atoms with Gasteiger partial charge in [0.2, 0.25) is 0 Å². The molecule has 1 aliphatic rings. The first-order chi connectivity index (χ1) is 10.3. The van der Waals surface area contributed by atoms with E-state index in [0.717, 1.165) is 30.2 Å². The van der Waals surface area contributed by atoms with Crippen molar-refractivity contribution in [3.05, 3.63) is 28.3 Å². The van der Waals surface area contributed by atoms with Gasteiger partial charge in [-0.15, -0.1) is 0 Å². The second-order valence-electron chi connectivity index (χ2n) is 5.26. The summed E-state index contributed by atoms with van der Waals surface area (Å²) in [5.41, 5.74) is 0.0190. The van der Waals surface area contributed by atoms with Crippen LogP contribution in [-0.4, -0.2) is 37.1 Å². The Morgan fingerprint density at radius 1 is 1.36 bits per heavy atom. The van der Waals surface area contributed by atoms with Crippen LogP contribution < -0.4 is 0 Å². The minimum absolute atomic E-state index is 0.0593. The van der Waals surface area contributed by atoms with Crippen molar-refractivity contribution in [1.82, 2.24) is 4.47 Å². The van der Waals surface area contributed by atoms with Crippen molar-refractivity contribution in [2.24, 2.45) is 0 Å². The number of hydrogen-bond acceptors (Lipinski definition) is 4. The molecule has 1 saturated carbocycles. The lowest BCUT2D eigenvalue weighted by Gasteiger charge is -2.26. The first kappa shape index (κ1) is 17.2. The monoisotopic (exact) mass is 347 g/mol. The molecule has 0 spiro atoms. The van der Waals surface area contributed by atoms with E-state index in [1.54, 1.807) is 0 Å². The molecule has 0 heterocycles. The van der Waals surface area contributed by atoms with Crippen LogP contribution in [0.2, 0.25) is 5.02 Å². The van der Waals surface area contributed by atoms with Crippen LogP contribution in [0, 0.1) is 6.92 Å². The Labute approximate surface area is 134 Å². The fourth-order valence-corrected chi connectivity index (χ4v) is 4.85. The van der Waals surface area contributed by atoms with Crippen LogP contribution in [0.5, 0.6) is 0 Å². The zero-order valence-corrected chi connectivity index (χ0v) is 13.9. The van der Waals surface area contributed by atoms with Gasteiger partial charge >= 0.3 is 5.97 Å². The first-order valence-electron chi connectivity index (χ1n) is 6.91. The average Bonchev–Trinajstić information content (AvgIpc) is 2.94. The predicted octanol–water partition coefficient (Wildman–Crippen LogP) is 2.84. The lowest BCUT2D eigenvalue weighted by Crippen LogP contribution is -2.38. The van der Waals surface area contributed by atoms with Crippen LogP contribution in [0.15, 0.2) is 17.0 Å². The third-order valence-corrected chi connectivity index (χ3v) is 5.99. The molecule has 0 bridgehead atoms. The second-order valence-corrected chi connectivity index (χ2v) is 7.45. The molecule has 0 unspecified atom stereocenters. The fourth-order valence-electron chi connectivity index (χ4n) is 2.80. The van der Waals surface area contributed by atoms with Gasteiger partial charge in [0.15, 0.2) is 0 Å². The smallest absolute Gasteiger partial charge is 0.336 e. The number of carboxylic acid groups (broad SMARTS) is 1. The summed E-state index contributed by atoms with van der Waals surface area (Å²) >= 11 is 5.89. The Bertz CT molecular complexity index is 683. The molecule has 0 aromatic heterocycles.